The van der Waals surface area contributed by atoms with Crippen LogP contribution in [0.3, 0.4) is 0 Å². The second kappa shape index (κ2) is 9.59. The standard InChI is InChI=1S/C20H14FN3O6S/c21-15-8-7-14(24(28)29)10-16(15)23-18(25)11-30-20(27)12-3-5-13(6-4-12)22-19(26)17-2-1-9-31-17/h1-10H,11H2,(H,22,26)(H,23,25). The van der Waals surface area contributed by atoms with E-state index >= 15 is 0 Å². The highest BCUT2D eigenvalue weighted by molar-refractivity contribution is 7.12. The van der Waals surface area contributed by atoms with Crippen molar-refractivity contribution in [2.24, 2.45) is 0 Å². The maximum Gasteiger partial charge on any atom is 0.338 e. The molecule has 158 valence electrons. The van der Waals surface area contributed by atoms with Gasteiger partial charge in [-0.15, -0.1) is 11.3 Å². The fourth-order valence-electron chi connectivity index (χ4n) is 2.41. The van der Waals surface area contributed by atoms with E-state index in [0.717, 1.165) is 18.2 Å². The molecule has 0 unspecified atom stereocenters. The molecule has 0 saturated carbocycles. The summed E-state index contributed by atoms with van der Waals surface area (Å²) in [4.78, 5) is 46.5. The van der Waals surface area contributed by atoms with Crippen molar-refractivity contribution in [3.8, 4) is 0 Å². The second-order valence-corrected chi connectivity index (χ2v) is 7.00. The number of non-ortho nitro benzene ring substituents is 1. The van der Waals surface area contributed by atoms with Crippen LogP contribution < -0.4 is 10.6 Å². The molecule has 3 aromatic rings. The van der Waals surface area contributed by atoms with E-state index in [9.17, 15) is 28.9 Å². The molecule has 0 saturated heterocycles. The molecule has 0 bridgehead atoms. The van der Waals surface area contributed by atoms with Gasteiger partial charge in [-0.3, -0.25) is 19.7 Å². The Bertz CT molecular complexity index is 1130. The molecule has 2 amide bonds. The molecule has 11 heteroatoms. The number of nitro benzene ring substituents is 1. The lowest BCUT2D eigenvalue weighted by Gasteiger charge is -2.08. The number of nitro groups is 1. The number of esters is 1. The minimum Gasteiger partial charge on any atom is -0.452 e. The molecule has 1 heterocycles. The number of thiophene rings is 1. The third-order valence-corrected chi connectivity index (χ3v) is 4.76. The van der Waals surface area contributed by atoms with Gasteiger partial charge in [-0.25, -0.2) is 9.18 Å². The Morgan fingerprint density at radius 3 is 2.45 bits per heavy atom. The number of benzene rings is 2. The number of anilines is 2. The second-order valence-electron chi connectivity index (χ2n) is 6.05. The number of nitrogens with zero attached hydrogens (tertiary/aromatic N) is 1. The minimum atomic E-state index is -0.870. The first kappa shape index (κ1) is 21.6. The Balaban J connectivity index is 1.53. The normalized spacial score (nSPS) is 10.2. The first-order valence-electron chi connectivity index (χ1n) is 8.69. The summed E-state index contributed by atoms with van der Waals surface area (Å²) in [6, 6.07) is 11.9. The van der Waals surface area contributed by atoms with E-state index in [1.54, 1.807) is 17.5 Å². The zero-order chi connectivity index (χ0) is 22.4. The molecule has 31 heavy (non-hydrogen) atoms. The molecule has 0 spiro atoms. The van der Waals surface area contributed by atoms with Crippen LogP contribution in [0.4, 0.5) is 21.5 Å². The summed E-state index contributed by atoms with van der Waals surface area (Å²) >= 11 is 1.29. The van der Waals surface area contributed by atoms with E-state index in [2.05, 4.69) is 10.6 Å². The average molecular weight is 443 g/mol. The maximum absolute atomic E-state index is 13.7. The van der Waals surface area contributed by atoms with Crippen molar-refractivity contribution < 1.29 is 28.4 Å². The number of halogens is 1. The number of rotatable bonds is 7. The van der Waals surface area contributed by atoms with Gasteiger partial charge in [0.15, 0.2) is 6.61 Å². The minimum absolute atomic E-state index is 0.128. The van der Waals surface area contributed by atoms with Crippen molar-refractivity contribution in [3.05, 3.63) is 86.3 Å². The van der Waals surface area contributed by atoms with Gasteiger partial charge in [0.2, 0.25) is 0 Å². The van der Waals surface area contributed by atoms with Crippen LogP contribution in [0.5, 0.6) is 0 Å². The van der Waals surface area contributed by atoms with Gasteiger partial charge in [0, 0.05) is 17.8 Å². The van der Waals surface area contributed by atoms with Crippen LogP contribution in [0.25, 0.3) is 0 Å². The SMILES string of the molecule is O=C(COC(=O)c1ccc(NC(=O)c2cccs2)cc1)Nc1cc([N+](=O)[O-])ccc1F. The van der Waals surface area contributed by atoms with E-state index in [1.807, 2.05) is 0 Å². The molecule has 2 aromatic carbocycles. The number of hydrogen-bond acceptors (Lipinski definition) is 7. The molecule has 0 radical (unpaired) electrons. The van der Waals surface area contributed by atoms with E-state index < -0.39 is 40.6 Å². The Morgan fingerprint density at radius 2 is 1.81 bits per heavy atom. The fraction of sp³-hybridized carbons (Fsp3) is 0.0500. The van der Waals surface area contributed by atoms with Crippen LogP contribution in [-0.4, -0.2) is 29.3 Å². The number of carbonyl (C=O) groups is 3. The van der Waals surface area contributed by atoms with E-state index in [4.69, 9.17) is 4.74 Å². The Morgan fingerprint density at radius 1 is 1.06 bits per heavy atom. The Labute approximate surface area is 178 Å². The molecular weight excluding hydrogens is 429 g/mol. The third kappa shape index (κ3) is 5.70. The highest BCUT2D eigenvalue weighted by Crippen LogP contribution is 2.21. The summed E-state index contributed by atoms with van der Waals surface area (Å²) in [7, 11) is 0. The summed E-state index contributed by atoms with van der Waals surface area (Å²) in [6.07, 6.45) is 0. The Hall–Kier alpha value is -4.12. The quantitative estimate of drug-likeness (QED) is 0.324. The van der Waals surface area contributed by atoms with E-state index in [-0.39, 0.29) is 11.5 Å². The van der Waals surface area contributed by atoms with Crippen molar-refractivity contribution >= 4 is 46.2 Å². The van der Waals surface area contributed by atoms with Gasteiger partial charge in [-0.05, 0) is 41.8 Å². The third-order valence-electron chi connectivity index (χ3n) is 3.89. The van der Waals surface area contributed by atoms with E-state index in [1.165, 1.54) is 35.6 Å². The molecule has 0 fully saturated rings. The van der Waals surface area contributed by atoms with Crippen molar-refractivity contribution in [2.75, 3.05) is 17.2 Å². The van der Waals surface area contributed by atoms with Gasteiger partial charge >= 0.3 is 5.97 Å². The van der Waals surface area contributed by atoms with Gasteiger partial charge in [-0.1, -0.05) is 6.07 Å². The predicted molar refractivity (Wildman–Crippen MR) is 111 cm³/mol. The topological polar surface area (TPSA) is 128 Å². The largest absolute Gasteiger partial charge is 0.452 e. The number of nitrogens with one attached hydrogen (secondary N) is 2. The van der Waals surface area contributed by atoms with Gasteiger partial charge in [0.25, 0.3) is 17.5 Å². The van der Waals surface area contributed by atoms with Gasteiger partial charge < -0.3 is 15.4 Å². The van der Waals surface area contributed by atoms with Crippen LogP contribution in [0, 0.1) is 15.9 Å². The smallest absolute Gasteiger partial charge is 0.338 e. The molecule has 0 aliphatic rings. The fourth-order valence-corrected chi connectivity index (χ4v) is 3.03. The summed E-state index contributed by atoms with van der Waals surface area (Å²) in [5.41, 5.74) is -0.210. The monoisotopic (exact) mass is 443 g/mol. The number of ether oxygens (including phenoxy) is 1. The van der Waals surface area contributed by atoms with Crippen LogP contribution >= 0.6 is 11.3 Å². The number of amides is 2. The highest BCUT2D eigenvalue weighted by Gasteiger charge is 2.15. The molecule has 0 atom stereocenters. The molecule has 3 rings (SSSR count). The Kier molecular flexibility index (Phi) is 6.67. The van der Waals surface area contributed by atoms with Crippen LogP contribution in [-0.2, 0) is 9.53 Å². The maximum atomic E-state index is 13.7. The van der Waals surface area contributed by atoms with Gasteiger partial charge in [0.05, 0.1) is 21.1 Å². The van der Waals surface area contributed by atoms with Crippen molar-refractivity contribution in [1.82, 2.24) is 0 Å². The first-order valence-corrected chi connectivity index (χ1v) is 9.57. The van der Waals surface area contributed by atoms with Crippen LogP contribution in [0.15, 0.2) is 60.0 Å². The van der Waals surface area contributed by atoms with Gasteiger partial charge in [-0.2, -0.15) is 0 Å². The number of carbonyl (C=O) groups excluding carboxylic acids is 3. The summed E-state index contributed by atoms with van der Waals surface area (Å²) in [5, 5.41) is 17.3. The summed E-state index contributed by atoms with van der Waals surface area (Å²) < 4.78 is 18.6. The summed E-state index contributed by atoms with van der Waals surface area (Å²) in [5.74, 6) is -2.83. The van der Waals surface area contributed by atoms with Crippen molar-refractivity contribution in [3.63, 3.8) is 0 Å². The van der Waals surface area contributed by atoms with Crippen LogP contribution in [0.2, 0.25) is 0 Å². The van der Waals surface area contributed by atoms with Gasteiger partial charge in [0.1, 0.15) is 5.82 Å². The van der Waals surface area contributed by atoms with Crippen molar-refractivity contribution in [2.45, 2.75) is 0 Å². The molecule has 0 aliphatic heterocycles. The zero-order valence-corrected chi connectivity index (χ0v) is 16.5. The molecule has 1 aromatic heterocycles. The number of hydrogen-bond donors (Lipinski definition) is 2. The molecular formula is C20H14FN3O6S. The highest BCUT2D eigenvalue weighted by atomic mass is 32.1. The first-order chi connectivity index (χ1) is 14.8. The lowest BCUT2D eigenvalue weighted by Crippen LogP contribution is -2.21. The predicted octanol–water partition coefficient (Wildman–Crippen LogP) is 3.84. The zero-order valence-electron chi connectivity index (χ0n) is 15.7. The van der Waals surface area contributed by atoms with Crippen molar-refractivity contribution in [1.29, 1.82) is 0 Å². The average Bonchev–Trinajstić information content (AvgIpc) is 3.29. The van der Waals surface area contributed by atoms with Crippen LogP contribution in [0.1, 0.15) is 20.0 Å². The van der Waals surface area contributed by atoms with E-state index in [0.29, 0.717) is 10.6 Å². The summed E-state index contributed by atoms with van der Waals surface area (Å²) in [6.45, 7) is -0.724. The lowest BCUT2D eigenvalue weighted by atomic mass is 10.2. The molecule has 9 nitrogen and oxygen atoms in total. The lowest BCUT2D eigenvalue weighted by molar-refractivity contribution is -0.384. The molecule has 0 aliphatic carbocycles. The molecule has 2 N–H and O–H groups in total.